The maximum atomic E-state index is 13.3. The van der Waals surface area contributed by atoms with Crippen LogP contribution < -0.4 is 10.6 Å². The first kappa shape index (κ1) is 26.1. The number of amides is 3. The van der Waals surface area contributed by atoms with Crippen molar-refractivity contribution >= 4 is 17.7 Å². The summed E-state index contributed by atoms with van der Waals surface area (Å²) < 4.78 is 4.99. The van der Waals surface area contributed by atoms with Gasteiger partial charge in [-0.25, -0.2) is 4.98 Å². The predicted octanol–water partition coefficient (Wildman–Crippen LogP) is 3.06. The van der Waals surface area contributed by atoms with Crippen molar-refractivity contribution in [3.05, 3.63) is 71.1 Å². The van der Waals surface area contributed by atoms with Gasteiger partial charge < -0.3 is 25.0 Å². The summed E-state index contributed by atoms with van der Waals surface area (Å²) in [6.07, 6.45) is 5.21. The number of aryl methyl sites for hydroxylation is 1. The van der Waals surface area contributed by atoms with Crippen LogP contribution in [0.5, 0.6) is 0 Å². The van der Waals surface area contributed by atoms with Crippen LogP contribution in [-0.4, -0.2) is 56.4 Å². The normalized spacial score (nSPS) is 17.2. The molecule has 1 saturated heterocycles. The van der Waals surface area contributed by atoms with Crippen molar-refractivity contribution in [1.82, 2.24) is 30.7 Å². The Hall–Kier alpha value is -3.95. The minimum Gasteiger partial charge on any atom is -0.361 e. The van der Waals surface area contributed by atoms with Crippen molar-refractivity contribution in [2.24, 2.45) is 0 Å². The third-order valence-electron chi connectivity index (χ3n) is 6.64. The van der Waals surface area contributed by atoms with Crippen LogP contribution in [0, 0.1) is 6.92 Å². The number of carbonyl (C=O) groups excluding carboxylic acids is 3. The number of hydrogen-bond donors (Lipinski definition) is 3. The van der Waals surface area contributed by atoms with Gasteiger partial charge in [0.1, 0.15) is 17.6 Å². The topological polar surface area (TPSA) is 133 Å². The van der Waals surface area contributed by atoms with Crippen LogP contribution in [-0.2, 0) is 16.0 Å². The summed E-state index contributed by atoms with van der Waals surface area (Å²) in [5.74, 6) is -0.151. The van der Waals surface area contributed by atoms with Gasteiger partial charge in [-0.15, -0.1) is 0 Å². The Morgan fingerprint density at radius 3 is 2.68 bits per heavy atom. The van der Waals surface area contributed by atoms with Crippen LogP contribution in [0.4, 0.5) is 0 Å². The van der Waals surface area contributed by atoms with E-state index in [1.54, 1.807) is 24.9 Å². The van der Waals surface area contributed by atoms with Gasteiger partial charge in [0, 0.05) is 37.0 Å². The molecule has 1 aliphatic rings. The lowest BCUT2D eigenvalue weighted by Crippen LogP contribution is -2.51. The van der Waals surface area contributed by atoms with Crippen molar-refractivity contribution in [2.45, 2.75) is 71.0 Å². The number of aromatic nitrogens is 3. The van der Waals surface area contributed by atoms with E-state index >= 15 is 0 Å². The molecule has 0 aliphatic carbocycles. The molecule has 10 nitrogen and oxygen atoms in total. The zero-order chi connectivity index (χ0) is 26.4. The quantitative estimate of drug-likeness (QED) is 0.409. The van der Waals surface area contributed by atoms with E-state index < -0.39 is 23.9 Å². The molecule has 1 aromatic carbocycles. The van der Waals surface area contributed by atoms with Crippen molar-refractivity contribution in [3.63, 3.8) is 0 Å². The Labute approximate surface area is 216 Å². The molecule has 0 radical (unpaired) electrons. The highest BCUT2D eigenvalue weighted by Crippen LogP contribution is 2.18. The minimum absolute atomic E-state index is 0.0544. The molecule has 1 aliphatic heterocycles. The van der Waals surface area contributed by atoms with E-state index in [9.17, 15) is 14.4 Å². The number of hydrogen-bond acceptors (Lipinski definition) is 6. The van der Waals surface area contributed by atoms with Gasteiger partial charge in [0.05, 0.1) is 12.5 Å². The lowest BCUT2D eigenvalue weighted by atomic mass is 10.0. The number of nitrogens with zero attached hydrogens (tertiary/aromatic N) is 3. The van der Waals surface area contributed by atoms with E-state index in [1.165, 1.54) is 6.07 Å². The number of carbonyl (C=O) groups is 3. The van der Waals surface area contributed by atoms with Crippen molar-refractivity contribution < 1.29 is 18.9 Å². The third kappa shape index (κ3) is 6.84. The number of likely N-dealkylation sites (tertiary alicyclic amines) is 1. The molecular formula is C27H34N6O4. The predicted molar refractivity (Wildman–Crippen MR) is 137 cm³/mol. The fourth-order valence-corrected chi connectivity index (χ4v) is 4.56. The molecule has 10 heteroatoms. The Balaban J connectivity index is 1.44. The molecule has 2 unspecified atom stereocenters. The fraction of sp³-hybridized carbons (Fsp3) is 0.444. The van der Waals surface area contributed by atoms with E-state index in [4.69, 9.17) is 4.52 Å². The first-order valence-corrected chi connectivity index (χ1v) is 12.7. The largest absolute Gasteiger partial charge is 0.361 e. The van der Waals surface area contributed by atoms with E-state index in [-0.39, 0.29) is 24.1 Å². The van der Waals surface area contributed by atoms with Crippen molar-refractivity contribution in [1.29, 1.82) is 0 Å². The summed E-state index contributed by atoms with van der Waals surface area (Å²) in [6.45, 7) is 6.14. The zero-order valence-corrected chi connectivity index (χ0v) is 21.5. The number of H-pyrrole nitrogens is 1. The molecule has 196 valence electrons. The Kier molecular flexibility index (Phi) is 8.37. The summed E-state index contributed by atoms with van der Waals surface area (Å²) in [7, 11) is 0. The van der Waals surface area contributed by atoms with E-state index in [1.807, 2.05) is 37.3 Å². The monoisotopic (exact) mass is 506 g/mol. The molecule has 3 heterocycles. The molecule has 3 amide bonds. The molecule has 0 spiro atoms. The molecule has 3 aromatic rings. The van der Waals surface area contributed by atoms with E-state index in [0.29, 0.717) is 24.6 Å². The highest BCUT2D eigenvalue weighted by atomic mass is 16.5. The summed E-state index contributed by atoms with van der Waals surface area (Å²) in [6, 6.07) is 10.1. The molecular weight excluding hydrogens is 472 g/mol. The van der Waals surface area contributed by atoms with Gasteiger partial charge in [0.25, 0.3) is 5.91 Å². The van der Waals surface area contributed by atoms with Crippen molar-refractivity contribution in [2.75, 3.05) is 6.54 Å². The Morgan fingerprint density at radius 2 is 1.97 bits per heavy atom. The van der Waals surface area contributed by atoms with Crippen LogP contribution in [0.2, 0.25) is 0 Å². The van der Waals surface area contributed by atoms with Gasteiger partial charge in [-0.3, -0.25) is 14.4 Å². The lowest BCUT2D eigenvalue weighted by Gasteiger charge is -2.34. The molecule has 1 fully saturated rings. The van der Waals surface area contributed by atoms with Gasteiger partial charge in [-0.05, 0) is 45.6 Å². The van der Waals surface area contributed by atoms with Gasteiger partial charge in [0.2, 0.25) is 11.8 Å². The van der Waals surface area contributed by atoms with Gasteiger partial charge in [-0.1, -0.05) is 35.5 Å². The molecule has 37 heavy (non-hydrogen) atoms. The Morgan fingerprint density at radius 1 is 1.19 bits per heavy atom. The summed E-state index contributed by atoms with van der Waals surface area (Å²) in [4.78, 5) is 48.7. The number of nitrogens with one attached hydrogen (secondary N) is 3. The van der Waals surface area contributed by atoms with Gasteiger partial charge in [-0.2, -0.15) is 0 Å². The molecule has 0 saturated carbocycles. The number of aromatic amines is 1. The van der Waals surface area contributed by atoms with Crippen LogP contribution in [0.1, 0.15) is 78.9 Å². The second kappa shape index (κ2) is 11.9. The van der Waals surface area contributed by atoms with Crippen LogP contribution in [0.15, 0.2) is 47.1 Å². The zero-order valence-electron chi connectivity index (χ0n) is 21.5. The summed E-state index contributed by atoms with van der Waals surface area (Å²) in [5.41, 5.74) is 2.12. The maximum Gasteiger partial charge on any atom is 0.274 e. The van der Waals surface area contributed by atoms with Gasteiger partial charge >= 0.3 is 0 Å². The maximum absolute atomic E-state index is 13.3. The second-order valence-corrected chi connectivity index (χ2v) is 9.67. The fourth-order valence-electron chi connectivity index (χ4n) is 4.56. The van der Waals surface area contributed by atoms with E-state index in [0.717, 1.165) is 30.5 Å². The van der Waals surface area contributed by atoms with Crippen LogP contribution in [0.3, 0.4) is 0 Å². The third-order valence-corrected chi connectivity index (χ3v) is 6.64. The number of rotatable bonds is 9. The first-order valence-electron chi connectivity index (χ1n) is 12.7. The highest BCUT2D eigenvalue weighted by molar-refractivity contribution is 5.97. The number of benzene rings is 1. The molecule has 4 rings (SSSR count). The SMILES string of the molecule is Cc1cc(C(=O)NC(CC(=O)N2CCCC[C@@H]2C)C(=O)NC(C)c2ncc(Cc3ccccc3)[nH]2)no1. The smallest absolute Gasteiger partial charge is 0.274 e. The highest BCUT2D eigenvalue weighted by Gasteiger charge is 2.31. The average Bonchev–Trinajstić information content (AvgIpc) is 3.53. The molecule has 3 atom stereocenters. The molecule has 2 aromatic heterocycles. The molecule has 0 bridgehead atoms. The van der Waals surface area contributed by atoms with Crippen LogP contribution >= 0.6 is 0 Å². The van der Waals surface area contributed by atoms with E-state index in [2.05, 4.69) is 25.8 Å². The van der Waals surface area contributed by atoms with Crippen molar-refractivity contribution in [3.8, 4) is 0 Å². The first-order chi connectivity index (χ1) is 17.8. The summed E-state index contributed by atoms with van der Waals surface area (Å²) >= 11 is 0. The summed E-state index contributed by atoms with van der Waals surface area (Å²) in [5, 5.41) is 9.29. The molecule has 3 N–H and O–H groups in total. The number of piperidine rings is 1. The minimum atomic E-state index is -1.08. The standard InChI is InChI=1S/C27H34N6O4/c1-17-9-7-8-12-33(17)24(34)15-22(31-27(36)23-13-18(2)37-32-23)26(35)29-19(3)25-28-16-21(30-25)14-20-10-5-4-6-11-20/h4-6,10-11,13,16-17,19,22H,7-9,12,14-15H2,1-3H3,(H,28,30)(H,29,35)(H,31,36)/t17-,19?,22?/m0/s1. The van der Waals surface area contributed by atoms with Crippen LogP contribution in [0.25, 0.3) is 0 Å². The lowest BCUT2D eigenvalue weighted by molar-refractivity contribution is -0.137. The number of imidazole rings is 1. The second-order valence-electron chi connectivity index (χ2n) is 9.67. The Bertz CT molecular complexity index is 1220. The average molecular weight is 507 g/mol. The van der Waals surface area contributed by atoms with Gasteiger partial charge in [0.15, 0.2) is 5.69 Å².